The van der Waals surface area contributed by atoms with Gasteiger partial charge < -0.3 is 10.2 Å². The van der Waals surface area contributed by atoms with Gasteiger partial charge in [0, 0.05) is 30.2 Å². The molecule has 0 aromatic heterocycles. The predicted octanol–water partition coefficient (Wildman–Crippen LogP) is 3.87. The first kappa shape index (κ1) is 14.8. The van der Waals surface area contributed by atoms with E-state index in [4.69, 9.17) is 11.6 Å². The fraction of sp³-hybridized carbons (Fsp3) is 0.625. The fourth-order valence-corrected chi connectivity index (χ4v) is 2.61. The summed E-state index contributed by atoms with van der Waals surface area (Å²) in [7, 11) is 2.23. The zero-order chi connectivity index (χ0) is 13.7. The molecule has 1 unspecified atom stereocenters. The van der Waals surface area contributed by atoms with Crippen LogP contribution in [0, 0.1) is 0 Å². The van der Waals surface area contributed by atoms with Crippen LogP contribution in [0.15, 0.2) is 24.3 Å². The standard InChI is InChI=1S/C16H25ClN2/c1-3-4-16(13-5-7-14(17)8-6-13)18-11-12-19(2)15-9-10-15/h5-8,15-16,18H,3-4,9-12H2,1-2H3. The molecule has 0 saturated heterocycles. The topological polar surface area (TPSA) is 15.3 Å². The molecule has 106 valence electrons. The highest BCUT2D eigenvalue weighted by atomic mass is 35.5. The molecule has 1 saturated carbocycles. The van der Waals surface area contributed by atoms with Gasteiger partial charge in [0.15, 0.2) is 0 Å². The molecule has 1 aromatic rings. The Morgan fingerprint density at radius 3 is 2.58 bits per heavy atom. The van der Waals surface area contributed by atoms with Crippen LogP contribution in [0.2, 0.25) is 5.02 Å². The molecule has 1 atom stereocenters. The van der Waals surface area contributed by atoms with E-state index in [-0.39, 0.29) is 0 Å². The SMILES string of the molecule is CCCC(NCCN(C)C1CC1)c1ccc(Cl)cc1. The Labute approximate surface area is 122 Å². The molecule has 1 aliphatic carbocycles. The van der Waals surface area contributed by atoms with Crippen molar-refractivity contribution in [3.8, 4) is 0 Å². The Kier molecular flexibility index (Phi) is 5.68. The van der Waals surface area contributed by atoms with Crippen molar-refractivity contribution in [2.45, 2.75) is 44.7 Å². The number of likely N-dealkylation sites (N-methyl/N-ethyl adjacent to an activating group) is 1. The lowest BCUT2D eigenvalue weighted by Crippen LogP contribution is -2.32. The second-order valence-electron chi connectivity index (χ2n) is 5.56. The number of rotatable bonds is 8. The van der Waals surface area contributed by atoms with Crippen molar-refractivity contribution in [1.29, 1.82) is 0 Å². The van der Waals surface area contributed by atoms with Gasteiger partial charge in [0.05, 0.1) is 0 Å². The lowest BCUT2D eigenvalue weighted by Gasteiger charge is -2.21. The molecular formula is C16H25ClN2. The van der Waals surface area contributed by atoms with E-state index in [9.17, 15) is 0 Å². The van der Waals surface area contributed by atoms with Gasteiger partial charge in [0.1, 0.15) is 0 Å². The summed E-state index contributed by atoms with van der Waals surface area (Å²) in [5, 5.41) is 4.50. The third-order valence-corrected chi connectivity index (χ3v) is 4.13. The number of hydrogen-bond acceptors (Lipinski definition) is 2. The van der Waals surface area contributed by atoms with Gasteiger partial charge in [-0.25, -0.2) is 0 Å². The van der Waals surface area contributed by atoms with E-state index in [2.05, 4.69) is 36.3 Å². The maximum Gasteiger partial charge on any atom is 0.0406 e. The summed E-state index contributed by atoms with van der Waals surface area (Å²) >= 11 is 5.95. The molecule has 0 amide bonds. The number of nitrogens with zero attached hydrogens (tertiary/aromatic N) is 1. The lowest BCUT2D eigenvalue weighted by atomic mass is 10.0. The number of nitrogens with one attached hydrogen (secondary N) is 1. The Morgan fingerprint density at radius 1 is 1.32 bits per heavy atom. The van der Waals surface area contributed by atoms with Crippen LogP contribution >= 0.6 is 11.6 Å². The zero-order valence-corrected chi connectivity index (χ0v) is 12.8. The predicted molar refractivity (Wildman–Crippen MR) is 82.8 cm³/mol. The maximum atomic E-state index is 5.95. The second-order valence-corrected chi connectivity index (χ2v) is 6.00. The first-order chi connectivity index (χ1) is 9.20. The average molecular weight is 281 g/mol. The molecule has 2 nitrogen and oxygen atoms in total. The van der Waals surface area contributed by atoms with Gasteiger partial charge in [-0.3, -0.25) is 0 Å². The fourth-order valence-electron chi connectivity index (χ4n) is 2.48. The van der Waals surface area contributed by atoms with Crippen LogP contribution in [0.1, 0.15) is 44.2 Å². The highest BCUT2D eigenvalue weighted by Gasteiger charge is 2.25. The van der Waals surface area contributed by atoms with E-state index < -0.39 is 0 Å². The van der Waals surface area contributed by atoms with Crippen molar-refractivity contribution in [3.05, 3.63) is 34.9 Å². The van der Waals surface area contributed by atoms with E-state index in [0.29, 0.717) is 6.04 Å². The summed E-state index contributed by atoms with van der Waals surface area (Å²) in [5.74, 6) is 0. The molecular weight excluding hydrogens is 256 g/mol. The third kappa shape index (κ3) is 4.79. The first-order valence-electron chi connectivity index (χ1n) is 7.39. The molecule has 0 aliphatic heterocycles. The number of halogens is 1. The zero-order valence-electron chi connectivity index (χ0n) is 12.0. The Bertz CT molecular complexity index is 373. The van der Waals surface area contributed by atoms with E-state index >= 15 is 0 Å². The molecule has 0 bridgehead atoms. The highest BCUT2D eigenvalue weighted by molar-refractivity contribution is 6.30. The molecule has 0 heterocycles. The van der Waals surface area contributed by atoms with Crippen LogP contribution in [0.3, 0.4) is 0 Å². The first-order valence-corrected chi connectivity index (χ1v) is 7.77. The molecule has 1 N–H and O–H groups in total. The number of benzene rings is 1. The van der Waals surface area contributed by atoms with Crippen LogP contribution in [0.5, 0.6) is 0 Å². The highest BCUT2D eigenvalue weighted by Crippen LogP contribution is 2.25. The summed E-state index contributed by atoms with van der Waals surface area (Å²) in [6.45, 7) is 4.43. The Hall–Kier alpha value is -0.570. The molecule has 3 heteroatoms. The van der Waals surface area contributed by atoms with E-state index in [1.807, 2.05) is 12.1 Å². The minimum atomic E-state index is 0.454. The molecule has 2 rings (SSSR count). The minimum absolute atomic E-state index is 0.454. The van der Waals surface area contributed by atoms with Crippen molar-refractivity contribution in [2.75, 3.05) is 20.1 Å². The molecule has 1 aliphatic rings. The Balaban J connectivity index is 1.82. The van der Waals surface area contributed by atoms with Gasteiger partial charge in [0.25, 0.3) is 0 Å². The van der Waals surface area contributed by atoms with Gasteiger partial charge in [-0.2, -0.15) is 0 Å². The van der Waals surface area contributed by atoms with Crippen LogP contribution in [-0.4, -0.2) is 31.1 Å². The van der Waals surface area contributed by atoms with Gasteiger partial charge in [-0.05, 0) is 44.0 Å². The summed E-state index contributed by atoms with van der Waals surface area (Å²) in [4.78, 5) is 2.47. The smallest absolute Gasteiger partial charge is 0.0406 e. The second kappa shape index (κ2) is 7.28. The van der Waals surface area contributed by atoms with E-state index in [1.165, 1.54) is 31.2 Å². The van der Waals surface area contributed by atoms with Crippen molar-refractivity contribution in [3.63, 3.8) is 0 Å². The molecule has 0 radical (unpaired) electrons. The quantitative estimate of drug-likeness (QED) is 0.778. The van der Waals surface area contributed by atoms with Crippen LogP contribution in [0.25, 0.3) is 0 Å². The maximum absolute atomic E-state index is 5.95. The average Bonchev–Trinajstić information content (AvgIpc) is 3.23. The van der Waals surface area contributed by atoms with Crippen molar-refractivity contribution >= 4 is 11.6 Å². The lowest BCUT2D eigenvalue weighted by molar-refractivity contribution is 0.312. The minimum Gasteiger partial charge on any atom is -0.309 e. The van der Waals surface area contributed by atoms with Gasteiger partial charge >= 0.3 is 0 Å². The van der Waals surface area contributed by atoms with E-state index in [0.717, 1.165) is 24.2 Å². The number of hydrogen-bond donors (Lipinski definition) is 1. The summed E-state index contributed by atoms with van der Waals surface area (Å²) in [6.07, 6.45) is 5.13. The monoisotopic (exact) mass is 280 g/mol. The molecule has 1 fully saturated rings. The van der Waals surface area contributed by atoms with Gasteiger partial charge in [0.2, 0.25) is 0 Å². The van der Waals surface area contributed by atoms with Crippen LogP contribution in [-0.2, 0) is 0 Å². The normalized spacial score (nSPS) is 16.8. The molecule has 19 heavy (non-hydrogen) atoms. The van der Waals surface area contributed by atoms with Gasteiger partial charge in [-0.15, -0.1) is 0 Å². The van der Waals surface area contributed by atoms with Crippen LogP contribution in [0.4, 0.5) is 0 Å². The van der Waals surface area contributed by atoms with Crippen LogP contribution < -0.4 is 5.32 Å². The third-order valence-electron chi connectivity index (χ3n) is 3.88. The summed E-state index contributed by atoms with van der Waals surface area (Å²) in [5.41, 5.74) is 1.35. The molecule has 0 spiro atoms. The van der Waals surface area contributed by atoms with Crippen molar-refractivity contribution in [2.24, 2.45) is 0 Å². The summed E-state index contributed by atoms with van der Waals surface area (Å²) < 4.78 is 0. The van der Waals surface area contributed by atoms with Gasteiger partial charge in [-0.1, -0.05) is 37.1 Å². The van der Waals surface area contributed by atoms with E-state index in [1.54, 1.807) is 0 Å². The van der Waals surface area contributed by atoms with Crippen molar-refractivity contribution in [1.82, 2.24) is 10.2 Å². The Morgan fingerprint density at radius 2 is 2.00 bits per heavy atom. The summed E-state index contributed by atoms with van der Waals surface area (Å²) in [6, 6.07) is 9.55. The largest absolute Gasteiger partial charge is 0.309 e. The molecule has 1 aromatic carbocycles. The van der Waals surface area contributed by atoms with Crippen molar-refractivity contribution < 1.29 is 0 Å².